The first kappa shape index (κ1) is 21.8. The summed E-state index contributed by atoms with van der Waals surface area (Å²) in [5.74, 6) is 0.656. The molecule has 2 N–H and O–H groups in total. The molecule has 1 aliphatic heterocycles. The van der Waals surface area contributed by atoms with E-state index in [0.29, 0.717) is 18.7 Å². The predicted molar refractivity (Wildman–Crippen MR) is 132 cm³/mol. The van der Waals surface area contributed by atoms with Crippen LogP contribution < -0.4 is 10.1 Å². The quantitative estimate of drug-likeness (QED) is 0.425. The molecular weight excluding hydrogens is 426 g/mol. The fourth-order valence-electron chi connectivity index (χ4n) is 4.82. The van der Waals surface area contributed by atoms with Crippen LogP contribution in [0.25, 0.3) is 10.9 Å². The lowest BCUT2D eigenvalue weighted by Gasteiger charge is -2.26. The molecule has 4 aromatic rings. The van der Waals surface area contributed by atoms with E-state index in [1.165, 1.54) is 0 Å². The molecule has 0 bridgehead atoms. The molecule has 0 fully saturated rings. The molecule has 5 rings (SSSR count). The van der Waals surface area contributed by atoms with Crippen LogP contribution in [0.3, 0.4) is 0 Å². The Kier molecular flexibility index (Phi) is 5.80. The zero-order valence-electron chi connectivity index (χ0n) is 19.3. The first-order chi connectivity index (χ1) is 16.6. The number of methoxy groups -OCH3 is 1. The molecule has 6 heteroatoms. The second-order valence-electron chi connectivity index (χ2n) is 8.57. The maximum atomic E-state index is 13.4. The van der Waals surface area contributed by atoms with Gasteiger partial charge in [-0.15, -0.1) is 0 Å². The molecule has 0 saturated carbocycles. The SMILES string of the molecule is COc1ccc(CNC(=O)CCN2C(=O)c3ccccc3[C@@H]2c2c(C)[nH]c3ccccc23)cc1. The number of carbonyl (C=O) groups excluding carboxylic acids is 2. The van der Waals surface area contributed by atoms with Gasteiger partial charge in [-0.25, -0.2) is 0 Å². The number of nitrogens with zero attached hydrogens (tertiary/aromatic N) is 1. The number of hydrogen-bond donors (Lipinski definition) is 2. The lowest BCUT2D eigenvalue weighted by Crippen LogP contribution is -2.34. The second-order valence-corrected chi connectivity index (χ2v) is 8.57. The van der Waals surface area contributed by atoms with Crippen molar-refractivity contribution in [3.05, 3.63) is 101 Å². The molecule has 2 heterocycles. The average Bonchev–Trinajstić information content (AvgIpc) is 3.34. The maximum Gasteiger partial charge on any atom is 0.255 e. The van der Waals surface area contributed by atoms with Gasteiger partial charge in [0.05, 0.1) is 13.2 Å². The zero-order chi connectivity index (χ0) is 23.7. The minimum absolute atomic E-state index is 0.0340. The normalized spacial score (nSPS) is 14.9. The number of nitrogens with one attached hydrogen (secondary N) is 2. The fourth-order valence-corrected chi connectivity index (χ4v) is 4.82. The largest absolute Gasteiger partial charge is 0.497 e. The standard InChI is InChI=1S/C28H27N3O3/c1-18-26(23-9-5-6-10-24(23)30-18)27-21-7-3-4-8-22(21)28(33)31(27)16-15-25(32)29-17-19-11-13-20(34-2)14-12-19/h3-14,27,30H,15-17H2,1-2H3,(H,29,32)/t27-/m1/s1. The van der Waals surface area contributed by atoms with Crippen LogP contribution in [0.1, 0.15) is 45.2 Å². The summed E-state index contributed by atoms with van der Waals surface area (Å²) >= 11 is 0. The van der Waals surface area contributed by atoms with Crippen molar-refractivity contribution < 1.29 is 14.3 Å². The van der Waals surface area contributed by atoms with Gasteiger partial charge in [-0.3, -0.25) is 9.59 Å². The Labute approximate surface area is 198 Å². The summed E-state index contributed by atoms with van der Waals surface area (Å²) in [6.45, 7) is 2.81. The van der Waals surface area contributed by atoms with E-state index in [0.717, 1.165) is 39.0 Å². The molecule has 0 unspecified atom stereocenters. The molecule has 0 spiro atoms. The van der Waals surface area contributed by atoms with Gasteiger partial charge in [0.25, 0.3) is 5.91 Å². The molecule has 2 amide bonds. The zero-order valence-corrected chi connectivity index (χ0v) is 19.3. The Hall–Kier alpha value is -4.06. The van der Waals surface area contributed by atoms with Crippen molar-refractivity contribution in [2.24, 2.45) is 0 Å². The number of H-pyrrole nitrogens is 1. The van der Waals surface area contributed by atoms with Gasteiger partial charge in [-0.2, -0.15) is 0 Å². The van der Waals surface area contributed by atoms with Crippen LogP contribution in [0.5, 0.6) is 5.75 Å². The highest BCUT2D eigenvalue weighted by atomic mass is 16.5. The average molecular weight is 454 g/mol. The molecule has 1 atom stereocenters. The fraction of sp³-hybridized carbons (Fsp3) is 0.214. The lowest BCUT2D eigenvalue weighted by atomic mass is 9.95. The lowest BCUT2D eigenvalue weighted by molar-refractivity contribution is -0.121. The molecule has 34 heavy (non-hydrogen) atoms. The van der Waals surface area contributed by atoms with E-state index in [9.17, 15) is 9.59 Å². The van der Waals surface area contributed by atoms with E-state index in [1.54, 1.807) is 7.11 Å². The minimum atomic E-state index is -0.228. The number of aryl methyl sites for hydroxylation is 1. The van der Waals surface area contributed by atoms with Gasteiger partial charge in [0, 0.05) is 47.2 Å². The van der Waals surface area contributed by atoms with Crippen molar-refractivity contribution in [1.82, 2.24) is 15.2 Å². The van der Waals surface area contributed by atoms with Crippen molar-refractivity contribution in [2.75, 3.05) is 13.7 Å². The van der Waals surface area contributed by atoms with Crippen molar-refractivity contribution in [1.29, 1.82) is 0 Å². The van der Waals surface area contributed by atoms with Gasteiger partial charge in [0.2, 0.25) is 5.91 Å². The molecule has 0 saturated heterocycles. The number of rotatable bonds is 7. The summed E-state index contributed by atoms with van der Waals surface area (Å²) in [5.41, 5.74) is 5.85. The van der Waals surface area contributed by atoms with Gasteiger partial charge >= 0.3 is 0 Å². The summed E-state index contributed by atoms with van der Waals surface area (Å²) in [7, 11) is 1.62. The Morgan fingerprint density at radius 3 is 2.56 bits per heavy atom. The topological polar surface area (TPSA) is 74.4 Å². The number of para-hydroxylation sites is 1. The number of carbonyl (C=O) groups is 2. The molecule has 3 aromatic carbocycles. The van der Waals surface area contributed by atoms with E-state index in [4.69, 9.17) is 4.74 Å². The van der Waals surface area contributed by atoms with Crippen LogP contribution in [0.4, 0.5) is 0 Å². The monoisotopic (exact) mass is 453 g/mol. The molecule has 1 aliphatic rings. The number of ether oxygens (including phenoxy) is 1. The van der Waals surface area contributed by atoms with Crippen molar-refractivity contribution in [3.8, 4) is 5.75 Å². The van der Waals surface area contributed by atoms with Gasteiger partial charge in [-0.1, -0.05) is 48.5 Å². The number of fused-ring (bicyclic) bond motifs is 2. The third-order valence-electron chi connectivity index (χ3n) is 6.50. The molecule has 0 aliphatic carbocycles. The van der Waals surface area contributed by atoms with Crippen molar-refractivity contribution >= 4 is 22.7 Å². The minimum Gasteiger partial charge on any atom is -0.497 e. The van der Waals surface area contributed by atoms with E-state index < -0.39 is 0 Å². The molecule has 6 nitrogen and oxygen atoms in total. The number of amides is 2. The van der Waals surface area contributed by atoms with Gasteiger partial charge in [0.1, 0.15) is 5.75 Å². The highest BCUT2D eigenvalue weighted by Crippen LogP contribution is 2.42. The molecule has 172 valence electrons. The summed E-state index contributed by atoms with van der Waals surface area (Å²) in [5, 5.41) is 4.06. The first-order valence-corrected chi connectivity index (χ1v) is 11.4. The van der Waals surface area contributed by atoms with E-state index in [1.807, 2.05) is 78.6 Å². The Balaban J connectivity index is 1.36. The van der Waals surface area contributed by atoms with Crippen molar-refractivity contribution in [2.45, 2.75) is 25.9 Å². The van der Waals surface area contributed by atoms with Crippen LogP contribution in [-0.2, 0) is 11.3 Å². The molecular formula is C28H27N3O3. The Morgan fingerprint density at radius 2 is 1.76 bits per heavy atom. The Bertz CT molecular complexity index is 1360. The number of aromatic amines is 1. The third kappa shape index (κ3) is 3.92. The van der Waals surface area contributed by atoms with Crippen LogP contribution in [-0.4, -0.2) is 35.4 Å². The smallest absolute Gasteiger partial charge is 0.255 e. The number of hydrogen-bond acceptors (Lipinski definition) is 3. The highest BCUT2D eigenvalue weighted by Gasteiger charge is 2.39. The molecule has 0 radical (unpaired) electrons. The summed E-state index contributed by atoms with van der Waals surface area (Å²) in [6.07, 6.45) is 0.230. The van der Waals surface area contributed by atoms with Crippen LogP contribution >= 0.6 is 0 Å². The van der Waals surface area contributed by atoms with Crippen LogP contribution in [0.2, 0.25) is 0 Å². The number of aromatic nitrogens is 1. The van der Waals surface area contributed by atoms with Gasteiger partial charge in [-0.05, 0) is 42.3 Å². The summed E-state index contributed by atoms with van der Waals surface area (Å²) in [6, 6.07) is 23.3. The predicted octanol–water partition coefficient (Wildman–Crippen LogP) is 4.74. The summed E-state index contributed by atoms with van der Waals surface area (Å²) < 4.78 is 5.18. The van der Waals surface area contributed by atoms with E-state index in [2.05, 4.69) is 16.4 Å². The van der Waals surface area contributed by atoms with Crippen molar-refractivity contribution in [3.63, 3.8) is 0 Å². The third-order valence-corrected chi connectivity index (χ3v) is 6.50. The Morgan fingerprint density at radius 1 is 1.03 bits per heavy atom. The first-order valence-electron chi connectivity index (χ1n) is 11.4. The number of benzene rings is 3. The maximum absolute atomic E-state index is 13.4. The summed E-state index contributed by atoms with van der Waals surface area (Å²) in [4.78, 5) is 31.3. The van der Waals surface area contributed by atoms with Gasteiger partial charge < -0.3 is 19.9 Å². The van der Waals surface area contributed by atoms with E-state index >= 15 is 0 Å². The second kappa shape index (κ2) is 9.06. The highest BCUT2D eigenvalue weighted by molar-refractivity contribution is 6.01. The molecule has 1 aromatic heterocycles. The van der Waals surface area contributed by atoms with E-state index in [-0.39, 0.29) is 24.3 Å². The van der Waals surface area contributed by atoms with Gasteiger partial charge in [0.15, 0.2) is 0 Å². The van der Waals surface area contributed by atoms with Crippen LogP contribution in [0, 0.1) is 6.92 Å². The van der Waals surface area contributed by atoms with Crippen LogP contribution in [0.15, 0.2) is 72.8 Å².